The lowest BCUT2D eigenvalue weighted by Gasteiger charge is -2.15. The summed E-state index contributed by atoms with van der Waals surface area (Å²) in [6.45, 7) is 1.48. The highest BCUT2D eigenvalue weighted by Crippen LogP contribution is 2.19. The molecule has 0 spiro atoms. The lowest BCUT2D eigenvalue weighted by atomic mass is 10.2. The van der Waals surface area contributed by atoms with Crippen LogP contribution in [0.4, 0.5) is 5.69 Å². The van der Waals surface area contributed by atoms with Crippen LogP contribution in [0.25, 0.3) is 11.4 Å². The van der Waals surface area contributed by atoms with E-state index in [0.29, 0.717) is 11.5 Å². The van der Waals surface area contributed by atoms with Crippen molar-refractivity contribution in [2.45, 2.75) is 17.9 Å². The number of tetrazole rings is 1. The number of hydrogen-bond donors (Lipinski definition) is 2. The highest BCUT2D eigenvalue weighted by Gasteiger charge is 2.22. The summed E-state index contributed by atoms with van der Waals surface area (Å²) in [6.07, 6.45) is 0. The van der Waals surface area contributed by atoms with Crippen molar-refractivity contribution in [1.82, 2.24) is 24.9 Å². The van der Waals surface area contributed by atoms with E-state index < -0.39 is 22.0 Å². The zero-order valence-electron chi connectivity index (χ0n) is 14.7. The molecule has 0 bridgehead atoms. The highest BCUT2D eigenvalue weighted by molar-refractivity contribution is 7.89. The van der Waals surface area contributed by atoms with Crippen molar-refractivity contribution in [2.24, 2.45) is 7.05 Å². The number of rotatable bonds is 6. The number of sulfonamides is 1. The lowest BCUT2D eigenvalue weighted by molar-refractivity contribution is -0.117. The maximum Gasteiger partial charge on any atom is 0.242 e. The first-order valence-corrected chi connectivity index (χ1v) is 9.56. The Morgan fingerprint density at radius 2 is 1.85 bits per heavy atom. The molecule has 27 heavy (non-hydrogen) atoms. The van der Waals surface area contributed by atoms with Crippen molar-refractivity contribution in [3.8, 4) is 11.4 Å². The average Bonchev–Trinajstić information content (AvgIpc) is 3.08. The normalized spacial score (nSPS) is 12.5. The molecule has 1 amide bonds. The van der Waals surface area contributed by atoms with Crippen LogP contribution in [0, 0.1) is 0 Å². The molecule has 0 aliphatic rings. The van der Waals surface area contributed by atoms with Gasteiger partial charge in [0.2, 0.25) is 15.9 Å². The number of anilines is 1. The minimum Gasteiger partial charge on any atom is -0.325 e. The first-order valence-electron chi connectivity index (χ1n) is 8.08. The van der Waals surface area contributed by atoms with Crippen molar-refractivity contribution in [2.75, 3.05) is 5.32 Å². The van der Waals surface area contributed by atoms with Crippen LogP contribution in [0.3, 0.4) is 0 Å². The van der Waals surface area contributed by atoms with E-state index in [0.717, 1.165) is 5.56 Å². The van der Waals surface area contributed by atoms with Gasteiger partial charge in [-0.1, -0.05) is 30.3 Å². The number of amides is 1. The number of aromatic nitrogens is 4. The van der Waals surface area contributed by atoms with E-state index in [9.17, 15) is 13.2 Å². The van der Waals surface area contributed by atoms with Gasteiger partial charge in [0.25, 0.3) is 0 Å². The topological polar surface area (TPSA) is 119 Å². The number of carbonyl (C=O) groups is 1. The van der Waals surface area contributed by atoms with Gasteiger partial charge < -0.3 is 5.32 Å². The van der Waals surface area contributed by atoms with Gasteiger partial charge in [0.1, 0.15) is 0 Å². The van der Waals surface area contributed by atoms with E-state index in [1.54, 1.807) is 43.4 Å². The molecule has 0 radical (unpaired) electrons. The van der Waals surface area contributed by atoms with Gasteiger partial charge in [0, 0.05) is 18.3 Å². The third-order valence-corrected chi connectivity index (χ3v) is 5.34. The summed E-state index contributed by atoms with van der Waals surface area (Å²) < 4.78 is 28.5. The standard InChI is InChI=1S/C17H18N6O3S/c1-12(20-27(25,26)15-9-4-3-5-10-15)17(24)18-14-8-6-7-13(11-14)16-19-21-22-23(16)2/h3-12,20H,1-2H3,(H,18,24)/t12-/m0/s1. The van der Waals surface area contributed by atoms with Crippen molar-refractivity contribution in [1.29, 1.82) is 0 Å². The molecule has 140 valence electrons. The highest BCUT2D eigenvalue weighted by atomic mass is 32.2. The number of nitrogens with one attached hydrogen (secondary N) is 2. The number of aryl methyl sites for hydroxylation is 1. The third kappa shape index (κ3) is 4.36. The third-order valence-electron chi connectivity index (χ3n) is 3.79. The fourth-order valence-corrected chi connectivity index (χ4v) is 3.64. The van der Waals surface area contributed by atoms with Gasteiger partial charge >= 0.3 is 0 Å². The zero-order chi connectivity index (χ0) is 19.4. The molecule has 0 saturated carbocycles. The lowest BCUT2D eigenvalue weighted by Crippen LogP contribution is -2.41. The van der Waals surface area contributed by atoms with Gasteiger partial charge in [-0.15, -0.1) is 5.10 Å². The number of benzene rings is 2. The molecule has 3 aromatic rings. The SMILES string of the molecule is C[C@H](NS(=O)(=O)c1ccccc1)C(=O)Nc1cccc(-c2nnnn2C)c1. The number of carbonyl (C=O) groups excluding carboxylic acids is 1. The summed E-state index contributed by atoms with van der Waals surface area (Å²) in [6, 6.07) is 13.9. The van der Waals surface area contributed by atoms with Crippen LogP contribution in [0.2, 0.25) is 0 Å². The van der Waals surface area contributed by atoms with Gasteiger partial charge in [-0.25, -0.2) is 13.1 Å². The number of nitrogens with zero attached hydrogens (tertiary/aromatic N) is 4. The predicted octanol–water partition coefficient (Wildman–Crippen LogP) is 1.18. The minimum atomic E-state index is -3.79. The van der Waals surface area contributed by atoms with E-state index in [1.165, 1.54) is 23.7 Å². The predicted molar refractivity (Wildman–Crippen MR) is 99.1 cm³/mol. The van der Waals surface area contributed by atoms with Crippen LogP contribution in [0.15, 0.2) is 59.5 Å². The Balaban J connectivity index is 1.71. The Hall–Kier alpha value is -3.11. The maximum atomic E-state index is 12.4. The molecule has 2 N–H and O–H groups in total. The Morgan fingerprint density at radius 3 is 2.52 bits per heavy atom. The molecular formula is C17H18N6O3S. The smallest absolute Gasteiger partial charge is 0.242 e. The van der Waals surface area contributed by atoms with Gasteiger partial charge in [-0.05, 0) is 41.6 Å². The minimum absolute atomic E-state index is 0.0985. The van der Waals surface area contributed by atoms with Crippen LogP contribution < -0.4 is 10.0 Å². The van der Waals surface area contributed by atoms with Gasteiger partial charge in [0.15, 0.2) is 5.82 Å². The second-order valence-corrected chi connectivity index (χ2v) is 7.57. The van der Waals surface area contributed by atoms with Gasteiger partial charge in [-0.2, -0.15) is 4.72 Å². The Morgan fingerprint density at radius 1 is 1.11 bits per heavy atom. The van der Waals surface area contributed by atoms with Crippen molar-refractivity contribution in [3.05, 3.63) is 54.6 Å². The summed E-state index contributed by atoms with van der Waals surface area (Å²) >= 11 is 0. The molecule has 2 aromatic carbocycles. The molecule has 0 aliphatic carbocycles. The first kappa shape index (κ1) is 18.7. The van der Waals surface area contributed by atoms with Crippen LogP contribution in [0.5, 0.6) is 0 Å². The van der Waals surface area contributed by atoms with Gasteiger partial charge in [0.05, 0.1) is 10.9 Å². The largest absolute Gasteiger partial charge is 0.325 e. The fourth-order valence-electron chi connectivity index (χ4n) is 2.41. The van der Waals surface area contributed by atoms with Crippen molar-refractivity contribution < 1.29 is 13.2 Å². The number of hydrogen-bond acceptors (Lipinski definition) is 6. The van der Waals surface area contributed by atoms with E-state index in [1.807, 2.05) is 6.07 Å². The molecule has 1 heterocycles. The fraction of sp³-hybridized carbons (Fsp3) is 0.176. The summed E-state index contributed by atoms with van der Waals surface area (Å²) in [5.41, 5.74) is 1.23. The van der Waals surface area contributed by atoms with E-state index in [4.69, 9.17) is 0 Å². The van der Waals surface area contributed by atoms with Crippen molar-refractivity contribution in [3.63, 3.8) is 0 Å². The van der Waals surface area contributed by atoms with E-state index >= 15 is 0 Å². The summed E-state index contributed by atoms with van der Waals surface area (Å²) in [4.78, 5) is 12.5. The molecule has 0 unspecified atom stereocenters. The molecule has 9 nitrogen and oxygen atoms in total. The Bertz CT molecular complexity index is 1050. The molecule has 1 atom stereocenters. The van der Waals surface area contributed by atoms with Crippen LogP contribution in [0.1, 0.15) is 6.92 Å². The van der Waals surface area contributed by atoms with Crippen LogP contribution in [-0.2, 0) is 21.9 Å². The summed E-state index contributed by atoms with van der Waals surface area (Å²) in [7, 11) is -2.08. The molecule has 3 rings (SSSR count). The van der Waals surface area contributed by atoms with Gasteiger partial charge in [-0.3, -0.25) is 4.79 Å². The maximum absolute atomic E-state index is 12.4. The molecule has 0 aliphatic heterocycles. The van der Waals surface area contributed by atoms with E-state index in [-0.39, 0.29) is 4.90 Å². The zero-order valence-corrected chi connectivity index (χ0v) is 15.5. The summed E-state index contributed by atoms with van der Waals surface area (Å²) in [5, 5.41) is 14.0. The van der Waals surface area contributed by atoms with Crippen LogP contribution in [-0.4, -0.2) is 40.6 Å². The molecule has 0 saturated heterocycles. The monoisotopic (exact) mass is 386 g/mol. The quantitative estimate of drug-likeness (QED) is 0.657. The molecule has 0 fully saturated rings. The summed E-state index contributed by atoms with van der Waals surface area (Å²) in [5.74, 6) is 0.0617. The Kier molecular flexibility index (Phi) is 5.28. The second kappa shape index (κ2) is 7.64. The average molecular weight is 386 g/mol. The van der Waals surface area contributed by atoms with E-state index in [2.05, 4.69) is 25.6 Å². The Labute approximate surface area is 156 Å². The molecule has 10 heteroatoms. The molecule has 1 aromatic heterocycles. The second-order valence-electron chi connectivity index (χ2n) is 5.85. The molecular weight excluding hydrogens is 368 g/mol. The van der Waals surface area contributed by atoms with Crippen molar-refractivity contribution >= 4 is 21.6 Å². The van der Waals surface area contributed by atoms with Crippen LogP contribution >= 0.6 is 0 Å². The first-order chi connectivity index (χ1) is 12.9.